The van der Waals surface area contributed by atoms with Gasteiger partial charge in [-0.2, -0.15) is 0 Å². The van der Waals surface area contributed by atoms with Gasteiger partial charge in [0, 0.05) is 28.6 Å². The predicted octanol–water partition coefficient (Wildman–Crippen LogP) is 3.16. The van der Waals surface area contributed by atoms with Gasteiger partial charge in [-0.3, -0.25) is 9.59 Å². The fraction of sp³-hybridized carbons (Fsp3) is 0.375. The molecule has 0 bridgehead atoms. The average Bonchev–Trinajstić information content (AvgIpc) is 3.04. The molecule has 3 rings (SSSR count). The molecule has 4 heteroatoms. The Hall–Kier alpha value is -2.10. The molecule has 4 nitrogen and oxygen atoms in total. The maximum Gasteiger partial charge on any atom is 0.306 e. The second kappa shape index (κ2) is 4.78. The van der Waals surface area contributed by atoms with E-state index in [0.29, 0.717) is 24.8 Å². The molecule has 20 heavy (non-hydrogen) atoms. The van der Waals surface area contributed by atoms with Crippen molar-refractivity contribution in [2.75, 3.05) is 0 Å². The first-order valence-electron chi connectivity index (χ1n) is 6.91. The fourth-order valence-electron chi connectivity index (χ4n) is 3.10. The molecular formula is C16H17NO3. The monoisotopic (exact) mass is 271 g/mol. The van der Waals surface area contributed by atoms with E-state index < -0.39 is 5.97 Å². The van der Waals surface area contributed by atoms with Gasteiger partial charge in [-0.05, 0) is 38.3 Å². The van der Waals surface area contributed by atoms with Gasteiger partial charge >= 0.3 is 5.97 Å². The zero-order valence-electron chi connectivity index (χ0n) is 11.3. The molecule has 0 amide bonds. The van der Waals surface area contributed by atoms with Gasteiger partial charge in [-0.15, -0.1) is 0 Å². The summed E-state index contributed by atoms with van der Waals surface area (Å²) < 4.78 is 0. The van der Waals surface area contributed by atoms with E-state index >= 15 is 0 Å². The van der Waals surface area contributed by atoms with E-state index in [1.807, 2.05) is 25.1 Å². The third kappa shape index (κ3) is 2.11. The van der Waals surface area contributed by atoms with Gasteiger partial charge in [0.2, 0.25) is 0 Å². The van der Waals surface area contributed by atoms with Crippen molar-refractivity contribution in [2.45, 2.75) is 26.2 Å². The molecule has 1 saturated carbocycles. The number of carbonyl (C=O) groups excluding carboxylic acids is 1. The van der Waals surface area contributed by atoms with Crippen molar-refractivity contribution in [3.63, 3.8) is 0 Å². The van der Waals surface area contributed by atoms with E-state index in [-0.39, 0.29) is 17.6 Å². The van der Waals surface area contributed by atoms with Crippen molar-refractivity contribution >= 4 is 22.7 Å². The van der Waals surface area contributed by atoms with Gasteiger partial charge in [-0.1, -0.05) is 11.6 Å². The number of fused-ring (bicyclic) bond motifs is 1. The Morgan fingerprint density at radius 1 is 1.25 bits per heavy atom. The molecule has 1 aromatic carbocycles. The summed E-state index contributed by atoms with van der Waals surface area (Å²) in [6, 6.07) is 5.97. The maximum absolute atomic E-state index is 12.6. The van der Waals surface area contributed by atoms with Crippen LogP contribution in [0.5, 0.6) is 0 Å². The van der Waals surface area contributed by atoms with Crippen LogP contribution in [-0.4, -0.2) is 21.8 Å². The summed E-state index contributed by atoms with van der Waals surface area (Å²) in [5.41, 5.74) is 2.76. The van der Waals surface area contributed by atoms with Crippen LogP contribution in [0.1, 0.15) is 35.2 Å². The van der Waals surface area contributed by atoms with E-state index in [2.05, 4.69) is 4.98 Å². The van der Waals surface area contributed by atoms with Crippen LogP contribution >= 0.6 is 0 Å². The molecule has 1 heterocycles. The number of H-pyrrole nitrogens is 1. The number of hydrogen-bond acceptors (Lipinski definition) is 2. The van der Waals surface area contributed by atoms with E-state index in [1.54, 1.807) is 6.20 Å². The lowest BCUT2D eigenvalue weighted by Crippen LogP contribution is -2.14. The van der Waals surface area contributed by atoms with E-state index in [9.17, 15) is 9.59 Å². The third-order valence-electron chi connectivity index (χ3n) is 4.26. The molecule has 0 spiro atoms. The van der Waals surface area contributed by atoms with Gasteiger partial charge in [-0.25, -0.2) is 0 Å². The van der Waals surface area contributed by atoms with Gasteiger partial charge in [0.1, 0.15) is 0 Å². The number of nitrogens with one attached hydrogen (secondary N) is 1. The number of aromatic amines is 1. The largest absolute Gasteiger partial charge is 0.481 e. The minimum absolute atomic E-state index is 0.0746. The number of ketones is 1. The van der Waals surface area contributed by atoms with E-state index in [4.69, 9.17) is 5.11 Å². The van der Waals surface area contributed by atoms with Crippen LogP contribution in [0.4, 0.5) is 0 Å². The highest BCUT2D eigenvalue weighted by atomic mass is 16.4. The van der Waals surface area contributed by atoms with E-state index in [1.165, 1.54) is 0 Å². The second-order valence-corrected chi connectivity index (χ2v) is 5.66. The van der Waals surface area contributed by atoms with Crippen molar-refractivity contribution < 1.29 is 14.7 Å². The van der Waals surface area contributed by atoms with Gasteiger partial charge < -0.3 is 10.1 Å². The van der Waals surface area contributed by atoms with Gasteiger partial charge in [0.15, 0.2) is 5.78 Å². The van der Waals surface area contributed by atoms with Gasteiger partial charge in [0.25, 0.3) is 0 Å². The number of carboxylic acids is 1. The van der Waals surface area contributed by atoms with Crippen molar-refractivity contribution in [3.05, 3.63) is 35.5 Å². The zero-order valence-corrected chi connectivity index (χ0v) is 11.3. The number of benzene rings is 1. The standard InChI is InChI=1S/C16H17NO3/c1-9-2-5-14-12(6-9)13(8-17-14)15(18)10-3-4-11(7-10)16(19)20/h2,5-6,8,10-11,17H,3-4,7H2,1H3,(H,19,20). The number of aromatic nitrogens is 1. The Kier molecular flexibility index (Phi) is 3.08. The Balaban J connectivity index is 1.90. The molecule has 0 aliphatic heterocycles. The highest BCUT2D eigenvalue weighted by Gasteiger charge is 2.34. The first kappa shape index (κ1) is 12.9. The Morgan fingerprint density at radius 2 is 2.00 bits per heavy atom. The number of carbonyl (C=O) groups is 2. The quantitative estimate of drug-likeness (QED) is 0.842. The summed E-state index contributed by atoms with van der Waals surface area (Å²) in [5.74, 6) is -1.23. The molecule has 1 fully saturated rings. The molecule has 1 aromatic heterocycles. The number of hydrogen-bond donors (Lipinski definition) is 2. The normalized spacial score (nSPS) is 22.2. The second-order valence-electron chi connectivity index (χ2n) is 5.66. The van der Waals surface area contributed by atoms with Crippen LogP contribution < -0.4 is 0 Å². The Labute approximate surface area is 116 Å². The van der Waals surface area contributed by atoms with Crippen LogP contribution in [0.25, 0.3) is 10.9 Å². The molecule has 2 aromatic rings. The maximum atomic E-state index is 12.6. The lowest BCUT2D eigenvalue weighted by Gasteiger charge is -2.07. The highest BCUT2D eigenvalue weighted by Crippen LogP contribution is 2.34. The van der Waals surface area contributed by atoms with Crippen LogP contribution in [0.2, 0.25) is 0 Å². The Bertz CT molecular complexity index is 686. The molecule has 2 atom stereocenters. The molecule has 1 aliphatic carbocycles. The minimum Gasteiger partial charge on any atom is -0.481 e. The lowest BCUT2D eigenvalue weighted by molar-refractivity contribution is -0.141. The van der Waals surface area contributed by atoms with Crippen LogP contribution in [0, 0.1) is 18.8 Å². The number of carboxylic acid groups (broad SMARTS) is 1. The first-order valence-corrected chi connectivity index (χ1v) is 6.91. The van der Waals surface area contributed by atoms with Crippen LogP contribution in [0.15, 0.2) is 24.4 Å². The van der Waals surface area contributed by atoms with E-state index in [0.717, 1.165) is 16.5 Å². The smallest absolute Gasteiger partial charge is 0.306 e. The average molecular weight is 271 g/mol. The molecule has 0 saturated heterocycles. The SMILES string of the molecule is Cc1ccc2[nH]cc(C(=O)C3CCC(C(=O)O)C3)c2c1. The molecule has 104 valence electrons. The first-order chi connectivity index (χ1) is 9.56. The van der Waals surface area contributed by atoms with Gasteiger partial charge in [0.05, 0.1) is 5.92 Å². The van der Waals surface area contributed by atoms with Crippen LogP contribution in [0.3, 0.4) is 0 Å². The zero-order chi connectivity index (χ0) is 14.3. The summed E-state index contributed by atoms with van der Waals surface area (Å²) in [6.45, 7) is 2.00. The highest BCUT2D eigenvalue weighted by molar-refractivity contribution is 6.09. The summed E-state index contributed by atoms with van der Waals surface area (Å²) >= 11 is 0. The number of aliphatic carboxylic acids is 1. The summed E-state index contributed by atoms with van der Waals surface area (Å²) in [5, 5.41) is 9.97. The molecule has 0 radical (unpaired) electrons. The summed E-state index contributed by atoms with van der Waals surface area (Å²) in [6.07, 6.45) is 3.49. The molecule has 1 aliphatic rings. The number of rotatable bonds is 3. The van der Waals surface area contributed by atoms with Crippen molar-refractivity contribution in [2.24, 2.45) is 11.8 Å². The molecule has 2 N–H and O–H groups in total. The molecular weight excluding hydrogens is 254 g/mol. The summed E-state index contributed by atoms with van der Waals surface area (Å²) in [7, 11) is 0. The van der Waals surface area contributed by atoms with Crippen molar-refractivity contribution in [3.8, 4) is 0 Å². The topological polar surface area (TPSA) is 70.2 Å². The fourth-order valence-corrected chi connectivity index (χ4v) is 3.10. The summed E-state index contributed by atoms with van der Waals surface area (Å²) in [4.78, 5) is 26.7. The number of aryl methyl sites for hydroxylation is 1. The lowest BCUT2D eigenvalue weighted by atomic mass is 9.94. The van der Waals surface area contributed by atoms with Crippen molar-refractivity contribution in [1.82, 2.24) is 4.98 Å². The van der Waals surface area contributed by atoms with Crippen molar-refractivity contribution in [1.29, 1.82) is 0 Å². The predicted molar refractivity (Wildman–Crippen MR) is 75.8 cm³/mol. The van der Waals surface area contributed by atoms with Crippen LogP contribution in [-0.2, 0) is 4.79 Å². The Morgan fingerprint density at radius 3 is 2.70 bits per heavy atom. The number of Topliss-reactive ketones (excluding diaryl/α,β-unsaturated/α-hetero) is 1. The minimum atomic E-state index is -0.782. The third-order valence-corrected chi connectivity index (χ3v) is 4.26. The molecule has 2 unspecified atom stereocenters.